The van der Waals surface area contributed by atoms with Crippen LogP contribution < -0.4 is 0 Å². The molecule has 1 aromatic rings. The molecule has 0 bridgehead atoms. The molecule has 0 aromatic carbocycles. The van der Waals surface area contributed by atoms with Crippen molar-refractivity contribution >= 4 is 5.69 Å². The molecule has 0 spiro atoms. The third-order valence-corrected chi connectivity index (χ3v) is 2.25. The summed E-state index contributed by atoms with van der Waals surface area (Å²) in [5.74, 6) is 0. The van der Waals surface area contributed by atoms with Crippen molar-refractivity contribution in [2.24, 2.45) is 5.11 Å². The first-order valence-electron chi connectivity index (χ1n) is 5.04. The first kappa shape index (κ1) is 13.8. The lowest BCUT2D eigenvalue weighted by Gasteiger charge is -2.16. The van der Waals surface area contributed by atoms with Crippen LogP contribution in [0.2, 0.25) is 0 Å². The van der Waals surface area contributed by atoms with E-state index in [2.05, 4.69) is 15.0 Å². The summed E-state index contributed by atoms with van der Waals surface area (Å²) in [5.41, 5.74) is 7.48. The minimum Gasteiger partial charge on any atom is -0.390 e. The molecule has 9 nitrogen and oxygen atoms in total. The molecule has 96 valence electrons. The Morgan fingerprint density at radius 3 is 2.94 bits per heavy atom. The largest absolute Gasteiger partial charge is 0.390 e. The van der Waals surface area contributed by atoms with E-state index in [4.69, 9.17) is 5.53 Å². The summed E-state index contributed by atoms with van der Waals surface area (Å²) in [6.07, 6.45) is -1.52. The average Bonchev–Trinajstić information content (AvgIpc) is 2.38. The van der Waals surface area contributed by atoms with Gasteiger partial charge in [0.2, 0.25) is 0 Å². The maximum atomic E-state index is 10.7. The number of hydrogen-bond donors (Lipinski definition) is 2. The van der Waals surface area contributed by atoms with E-state index in [1.807, 2.05) is 0 Å². The fraction of sp³-hybridized carbons (Fsp3) is 0.444. The summed E-state index contributed by atoms with van der Waals surface area (Å²) in [6, 6.07) is 2.55. The minimum absolute atomic E-state index is 0.0149. The van der Waals surface area contributed by atoms with E-state index in [-0.39, 0.29) is 24.3 Å². The molecule has 2 atom stereocenters. The number of nitro groups is 1. The summed E-state index contributed by atoms with van der Waals surface area (Å²) in [6.45, 7) is -0.0185. The Kier molecular flexibility index (Phi) is 5.00. The van der Waals surface area contributed by atoms with Crippen LogP contribution in [0.1, 0.15) is 18.2 Å². The molecule has 9 heteroatoms. The van der Waals surface area contributed by atoms with Gasteiger partial charge in [0.25, 0.3) is 5.69 Å². The smallest absolute Gasteiger partial charge is 0.293 e. The standard InChI is InChI=1S/C9H11N5O4/c10-13-12-5-3-7(15)9(16)8-6(14(17)18)2-1-4-11-8/h1-2,4,7,9,15-16H,3,5H2. The van der Waals surface area contributed by atoms with Gasteiger partial charge in [-0.15, -0.1) is 0 Å². The normalized spacial score (nSPS) is 13.4. The van der Waals surface area contributed by atoms with Crippen LogP contribution in [0.25, 0.3) is 10.4 Å². The Morgan fingerprint density at radius 2 is 2.33 bits per heavy atom. The minimum atomic E-state index is -1.50. The highest BCUT2D eigenvalue weighted by atomic mass is 16.6. The van der Waals surface area contributed by atoms with E-state index in [0.717, 1.165) is 0 Å². The fourth-order valence-electron chi connectivity index (χ4n) is 1.37. The quantitative estimate of drug-likeness (QED) is 0.256. The lowest BCUT2D eigenvalue weighted by Crippen LogP contribution is -2.21. The number of hydrogen-bond acceptors (Lipinski definition) is 6. The molecule has 1 rings (SSSR count). The van der Waals surface area contributed by atoms with Crippen LogP contribution in [-0.4, -0.2) is 32.8 Å². The van der Waals surface area contributed by atoms with Gasteiger partial charge in [-0.3, -0.25) is 15.1 Å². The number of aromatic nitrogens is 1. The van der Waals surface area contributed by atoms with Crippen LogP contribution in [-0.2, 0) is 0 Å². The summed E-state index contributed by atoms with van der Waals surface area (Å²) >= 11 is 0. The molecule has 0 fully saturated rings. The van der Waals surface area contributed by atoms with Crippen molar-refractivity contribution in [3.63, 3.8) is 0 Å². The van der Waals surface area contributed by atoms with Crippen molar-refractivity contribution in [3.05, 3.63) is 44.6 Å². The lowest BCUT2D eigenvalue weighted by atomic mass is 10.1. The van der Waals surface area contributed by atoms with Gasteiger partial charge in [-0.25, -0.2) is 0 Å². The third-order valence-electron chi connectivity index (χ3n) is 2.25. The van der Waals surface area contributed by atoms with Crippen molar-refractivity contribution in [1.82, 2.24) is 4.98 Å². The molecule has 1 aromatic heterocycles. The van der Waals surface area contributed by atoms with E-state index in [0.29, 0.717) is 0 Å². The zero-order valence-corrected chi connectivity index (χ0v) is 9.25. The molecule has 0 radical (unpaired) electrons. The number of aliphatic hydroxyl groups excluding tert-OH is 2. The van der Waals surface area contributed by atoms with Crippen LogP contribution in [0.4, 0.5) is 5.69 Å². The van der Waals surface area contributed by atoms with Gasteiger partial charge >= 0.3 is 0 Å². The molecule has 1 heterocycles. The number of aliphatic hydroxyl groups is 2. The third kappa shape index (κ3) is 3.39. The first-order valence-corrected chi connectivity index (χ1v) is 5.04. The molecule has 0 aliphatic rings. The summed E-state index contributed by atoms with van der Waals surface area (Å²) in [4.78, 5) is 16.2. The molecule has 0 saturated carbocycles. The zero-order chi connectivity index (χ0) is 13.5. The van der Waals surface area contributed by atoms with E-state index < -0.39 is 17.1 Å². The molecule has 18 heavy (non-hydrogen) atoms. The Hall–Kier alpha value is -2.22. The monoisotopic (exact) mass is 253 g/mol. The predicted molar refractivity (Wildman–Crippen MR) is 60.5 cm³/mol. The van der Waals surface area contributed by atoms with E-state index in [1.165, 1.54) is 18.3 Å². The van der Waals surface area contributed by atoms with Crippen LogP contribution in [0.15, 0.2) is 23.4 Å². The van der Waals surface area contributed by atoms with Crippen LogP contribution in [0.3, 0.4) is 0 Å². The van der Waals surface area contributed by atoms with Gasteiger partial charge < -0.3 is 10.2 Å². The molecular weight excluding hydrogens is 242 g/mol. The maximum absolute atomic E-state index is 10.7. The van der Waals surface area contributed by atoms with E-state index in [9.17, 15) is 20.3 Å². The molecule has 0 amide bonds. The van der Waals surface area contributed by atoms with Crippen LogP contribution in [0.5, 0.6) is 0 Å². The van der Waals surface area contributed by atoms with Gasteiger partial charge in [0.1, 0.15) is 11.8 Å². The summed E-state index contributed by atoms with van der Waals surface area (Å²) in [7, 11) is 0. The first-order chi connectivity index (χ1) is 8.57. The second-order valence-electron chi connectivity index (χ2n) is 3.42. The van der Waals surface area contributed by atoms with Gasteiger partial charge in [0, 0.05) is 23.7 Å². The Labute approximate surface area is 101 Å². The average molecular weight is 253 g/mol. The molecular formula is C9H11N5O4. The number of pyridine rings is 1. The van der Waals surface area contributed by atoms with Crippen molar-refractivity contribution in [3.8, 4) is 0 Å². The second-order valence-corrected chi connectivity index (χ2v) is 3.42. The Bertz CT molecular complexity index is 474. The highest BCUT2D eigenvalue weighted by molar-refractivity contribution is 5.36. The van der Waals surface area contributed by atoms with Crippen LogP contribution >= 0.6 is 0 Å². The van der Waals surface area contributed by atoms with Crippen molar-refractivity contribution < 1.29 is 15.1 Å². The highest BCUT2D eigenvalue weighted by Crippen LogP contribution is 2.25. The summed E-state index contributed by atoms with van der Waals surface area (Å²) in [5, 5.41) is 33.3. The topological polar surface area (TPSA) is 145 Å². The Balaban J connectivity index is 2.85. The maximum Gasteiger partial charge on any atom is 0.293 e. The SMILES string of the molecule is [N-]=[N+]=NCCC(O)C(O)c1ncccc1[N+](=O)[O-]. The summed E-state index contributed by atoms with van der Waals surface area (Å²) < 4.78 is 0. The number of rotatable bonds is 6. The van der Waals surface area contributed by atoms with Crippen molar-refractivity contribution in [2.75, 3.05) is 6.54 Å². The predicted octanol–water partition coefficient (Wildman–Crippen LogP) is 1.08. The lowest BCUT2D eigenvalue weighted by molar-refractivity contribution is -0.386. The van der Waals surface area contributed by atoms with Gasteiger partial charge in [-0.2, -0.15) is 0 Å². The highest BCUT2D eigenvalue weighted by Gasteiger charge is 2.26. The van der Waals surface area contributed by atoms with E-state index >= 15 is 0 Å². The number of nitrogens with zero attached hydrogens (tertiary/aromatic N) is 5. The molecule has 0 aliphatic carbocycles. The number of azide groups is 1. The van der Waals surface area contributed by atoms with Gasteiger partial charge in [-0.1, -0.05) is 5.11 Å². The van der Waals surface area contributed by atoms with E-state index in [1.54, 1.807) is 0 Å². The van der Waals surface area contributed by atoms with Gasteiger partial charge in [0.05, 0.1) is 11.0 Å². The van der Waals surface area contributed by atoms with Crippen molar-refractivity contribution in [2.45, 2.75) is 18.6 Å². The molecule has 0 aliphatic heterocycles. The fourth-order valence-corrected chi connectivity index (χ4v) is 1.37. The molecule has 2 unspecified atom stereocenters. The van der Waals surface area contributed by atoms with Crippen LogP contribution in [0, 0.1) is 10.1 Å². The zero-order valence-electron chi connectivity index (χ0n) is 9.25. The molecule has 2 N–H and O–H groups in total. The van der Waals surface area contributed by atoms with Gasteiger partial charge in [-0.05, 0) is 18.0 Å². The van der Waals surface area contributed by atoms with Gasteiger partial charge in [0.15, 0.2) is 0 Å². The Morgan fingerprint density at radius 1 is 1.61 bits per heavy atom. The van der Waals surface area contributed by atoms with Crippen molar-refractivity contribution in [1.29, 1.82) is 0 Å². The second kappa shape index (κ2) is 6.50. The molecule has 0 saturated heterocycles.